The minimum absolute atomic E-state index is 0.384. The first-order valence-corrected chi connectivity index (χ1v) is 10.7. The van der Waals surface area contributed by atoms with E-state index in [-0.39, 0.29) is 5.60 Å². The maximum Gasteiger partial charge on any atom is 0.123 e. The maximum absolute atomic E-state index is 5.90. The van der Waals surface area contributed by atoms with Gasteiger partial charge in [-0.1, -0.05) is 30.0 Å². The first kappa shape index (κ1) is 22.2. The lowest BCUT2D eigenvalue weighted by molar-refractivity contribution is 0.0742. The zero-order chi connectivity index (χ0) is 20.1. The highest BCUT2D eigenvalue weighted by atomic mass is 32.1. The van der Waals surface area contributed by atoms with Crippen LogP contribution in [0, 0.1) is 11.8 Å². The van der Waals surface area contributed by atoms with E-state index in [1.165, 1.54) is 11.1 Å². The Hall–Kier alpha value is -2.06. The van der Waals surface area contributed by atoms with Gasteiger partial charge in [0.05, 0.1) is 6.61 Å². The van der Waals surface area contributed by atoms with Gasteiger partial charge in [-0.05, 0) is 85.8 Å². The molecule has 28 heavy (non-hydrogen) atoms. The molecular weight excluding hydrogens is 366 g/mol. The van der Waals surface area contributed by atoms with Crippen LogP contribution in [0.5, 0.6) is 5.75 Å². The van der Waals surface area contributed by atoms with Crippen LogP contribution in [0.25, 0.3) is 11.1 Å². The van der Waals surface area contributed by atoms with Crippen molar-refractivity contribution < 1.29 is 9.47 Å². The number of rotatable bonds is 11. The van der Waals surface area contributed by atoms with Crippen LogP contribution in [0.3, 0.4) is 0 Å². The summed E-state index contributed by atoms with van der Waals surface area (Å²) in [6.45, 7) is 6.52. The van der Waals surface area contributed by atoms with E-state index in [9.17, 15) is 0 Å². The van der Waals surface area contributed by atoms with Gasteiger partial charge in [-0.15, -0.1) is 0 Å². The number of nitrogens with one attached hydrogen (secondary N) is 1. The zero-order valence-corrected chi connectivity index (χ0v) is 18.0. The van der Waals surface area contributed by atoms with Crippen LogP contribution in [0.15, 0.2) is 53.2 Å². The number of thiophene rings is 1. The molecule has 1 aromatic heterocycles. The normalized spacial score (nSPS) is 11.4. The zero-order valence-electron chi connectivity index (χ0n) is 17.2. The number of methoxy groups -OCH3 is 1. The van der Waals surface area contributed by atoms with Crippen LogP contribution in [0.4, 0.5) is 0 Å². The molecule has 4 heteroatoms. The topological polar surface area (TPSA) is 30.5 Å². The number of unbranched alkanes of at least 4 members (excludes halogenated alkanes) is 2. The first-order valence-electron chi connectivity index (χ1n) is 9.80. The minimum Gasteiger partial charge on any atom is -0.494 e. The third-order valence-electron chi connectivity index (χ3n) is 4.30. The average Bonchev–Trinajstić information content (AvgIpc) is 3.24. The van der Waals surface area contributed by atoms with E-state index in [1.807, 2.05) is 32.1 Å². The van der Waals surface area contributed by atoms with E-state index in [0.29, 0.717) is 0 Å². The Morgan fingerprint density at radius 2 is 2.04 bits per heavy atom. The predicted octanol–water partition coefficient (Wildman–Crippen LogP) is 5.54. The van der Waals surface area contributed by atoms with Crippen molar-refractivity contribution in [1.29, 1.82) is 0 Å². The lowest BCUT2D eigenvalue weighted by atomic mass is 10.1. The van der Waals surface area contributed by atoms with Gasteiger partial charge in [0.1, 0.15) is 11.4 Å². The van der Waals surface area contributed by atoms with Crippen LogP contribution < -0.4 is 10.1 Å². The van der Waals surface area contributed by atoms with Crippen molar-refractivity contribution in [3.05, 3.63) is 53.2 Å². The number of allylic oxidation sites excluding steroid dienone is 1. The molecule has 0 saturated heterocycles. The molecule has 0 aliphatic carbocycles. The summed E-state index contributed by atoms with van der Waals surface area (Å²) >= 11 is 1.72. The van der Waals surface area contributed by atoms with Gasteiger partial charge in [0.25, 0.3) is 0 Å². The minimum atomic E-state index is -0.384. The molecule has 0 radical (unpaired) electrons. The van der Waals surface area contributed by atoms with Gasteiger partial charge in [0, 0.05) is 13.7 Å². The lowest BCUT2D eigenvalue weighted by Gasteiger charge is -2.13. The fourth-order valence-corrected chi connectivity index (χ4v) is 3.15. The molecule has 0 bridgehead atoms. The highest BCUT2D eigenvalue weighted by Crippen LogP contribution is 2.25. The molecule has 150 valence electrons. The van der Waals surface area contributed by atoms with Crippen LogP contribution in [0.1, 0.15) is 33.1 Å². The molecule has 0 spiro atoms. The van der Waals surface area contributed by atoms with E-state index < -0.39 is 0 Å². The predicted molar refractivity (Wildman–Crippen MR) is 120 cm³/mol. The first-order chi connectivity index (χ1) is 13.6. The Labute approximate surface area is 173 Å². The second-order valence-corrected chi connectivity index (χ2v) is 7.82. The van der Waals surface area contributed by atoms with Gasteiger partial charge in [-0.25, -0.2) is 0 Å². The fraction of sp³-hybridized carbons (Fsp3) is 0.417. The van der Waals surface area contributed by atoms with Gasteiger partial charge >= 0.3 is 0 Å². The number of hydrogen-bond acceptors (Lipinski definition) is 4. The van der Waals surface area contributed by atoms with Crippen molar-refractivity contribution >= 4 is 11.3 Å². The molecule has 0 unspecified atom stereocenters. The number of hydrogen-bond donors (Lipinski definition) is 1. The van der Waals surface area contributed by atoms with Crippen LogP contribution in [0.2, 0.25) is 0 Å². The summed E-state index contributed by atoms with van der Waals surface area (Å²) in [5.41, 5.74) is 2.08. The van der Waals surface area contributed by atoms with Gasteiger partial charge in [0.15, 0.2) is 0 Å². The highest BCUT2D eigenvalue weighted by Gasteiger charge is 2.09. The van der Waals surface area contributed by atoms with Gasteiger partial charge in [-0.2, -0.15) is 11.3 Å². The van der Waals surface area contributed by atoms with Crippen LogP contribution in [-0.4, -0.2) is 32.4 Å². The van der Waals surface area contributed by atoms with E-state index in [1.54, 1.807) is 18.4 Å². The smallest absolute Gasteiger partial charge is 0.123 e. The van der Waals surface area contributed by atoms with E-state index in [4.69, 9.17) is 9.47 Å². The van der Waals surface area contributed by atoms with Crippen LogP contribution in [-0.2, 0) is 4.74 Å². The van der Waals surface area contributed by atoms with E-state index >= 15 is 0 Å². The molecule has 0 fully saturated rings. The summed E-state index contributed by atoms with van der Waals surface area (Å²) in [7, 11) is 1.67. The van der Waals surface area contributed by atoms with Crippen LogP contribution >= 0.6 is 11.3 Å². The number of ether oxygens (including phenoxy) is 2. The molecule has 1 aromatic carbocycles. The molecule has 2 aromatic rings. The van der Waals surface area contributed by atoms with Gasteiger partial charge < -0.3 is 14.8 Å². The Balaban J connectivity index is 1.52. The molecular formula is C24H31NO2S. The van der Waals surface area contributed by atoms with Crippen molar-refractivity contribution in [3.8, 4) is 28.7 Å². The summed E-state index contributed by atoms with van der Waals surface area (Å²) in [4.78, 5) is 0. The Bertz CT molecular complexity index is 769. The van der Waals surface area contributed by atoms with Gasteiger partial charge in [0.2, 0.25) is 0 Å². The summed E-state index contributed by atoms with van der Waals surface area (Å²) in [6.07, 6.45) is 7.29. The van der Waals surface area contributed by atoms with Crippen molar-refractivity contribution in [3.63, 3.8) is 0 Å². The maximum atomic E-state index is 5.90. The molecule has 1 N–H and O–H groups in total. The molecule has 1 heterocycles. The Morgan fingerprint density at radius 3 is 2.82 bits per heavy atom. The Morgan fingerprint density at radius 1 is 1.14 bits per heavy atom. The summed E-state index contributed by atoms with van der Waals surface area (Å²) < 4.78 is 11.1. The average molecular weight is 398 g/mol. The van der Waals surface area contributed by atoms with Crippen molar-refractivity contribution in [2.45, 2.75) is 38.7 Å². The van der Waals surface area contributed by atoms with E-state index in [0.717, 1.165) is 44.7 Å². The largest absolute Gasteiger partial charge is 0.494 e. The summed E-state index contributed by atoms with van der Waals surface area (Å²) in [5, 5.41) is 7.66. The quantitative estimate of drug-likeness (QED) is 0.399. The molecule has 3 nitrogen and oxygen atoms in total. The fourth-order valence-electron chi connectivity index (χ4n) is 2.48. The van der Waals surface area contributed by atoms with E-state index in [2.05, 4.69) is 52.2 Å². The molecule has 0 aliphatic heterocycles. The highest BCUT2D eigenvalue weighted by molar-refractivity contribution is 7.08. The summed E-state index contributed by atoms with van der Waals surface area (Å²) in [5.74, 6) is 7.02. The third-order valence-corrected chi connectivity index (χ3v) is 4.99. The molecule has 2 rings (SSSR count). The van der Waals surface area contributed by atoms with Crippen molar-refractivity contribution in [2.24, 2.45) is 0 Å². The molecule has 0 amide bonds. The Kier molecular flexibility index (Phi) is 9.85. The van der Waals surface area contributed by atoms with Crippen molar-refractivity contribution in [1.82, 2.24) is 5.32 Å². The second-order valence-electron chi connectivity index (χ2n) is 7.04. The third kappa shape index (κ3) is 8.75. The summed E-state index contributed by atoms with van der Waals surface area (Å²) in [6, 6.07) is 10.5. The van der Waals surface area contributed by atoms with Gasteiger partial charge in [-0.3, -0.25) is 0 Å². The van der Waals surface area contributed by atoms with Crippen molar-refractivity contribution in [2.75, 3.05) is 26.8 Å². The molecule has 0 saturated carbocycles. The molecule has 0 aliphatic rings. The lowest BCUT2D eigenvalue weighted by Crippen LogP contribution is -2.19. The second kappa shape index (κ2) is 12.4. The molecule has 0 atom stereocenters. The monoisotopic (exact) mass is 397 g/mol. The standard InChI is InChI=1S/C24H31NO2S/c1-24(2,26-3)14-6-4-7-15-25-16-8-5-9-17-27-23-12-10-11-21(19-23)22-13-18-28-20-22/h4,7,10-13,18-20,25H,5,8-9,15-17H2,1-3H3/b7-4+. The number of benzene rings is 1. The SMILES string of the molecule is COC(C)(C)C#C/C=C/CNCCCCCOc1cccc(-c2ccsc2)c1.